The average Bonchev–Trinajstić information content (AvgIpc) is 2.72. The summed E-state index contributed by atoms with van der Waals surface area (Å²) in [5.74, 6) is 0.948. The van der Waals surface area contributed by atoms with Gasteiger partial charge in [0, 0.05) is 18.2 Å². The van der Waals surface area contributed by atoms with Crippen LogP contribution in [0.4, 0.5) is 11.4 Å². The third-order valence-corrected chi connectivity index (χ3v) is 3.22. The van der Waals surface area contributed by atoms with Crippen molar-refractivity contribution >= 4 is 11.4 Å². The standard InChI is InChI=1S/C11H13N3O4/c12-6-1-7(2-6)13-8-3-10-11(18-5-17-10)4-9(8)14(15)16/h3-4,6-7,13H,1-2,5,12H2. The van der Waals surface area contributed by atoms with Crippen LogP contribution in [0.25, 0.3) is 0 Å². The normalized spacial score (nSPS) is 24.5. The molecule has 1 aliphatic carbocycles. The van der Waals surface area contributed by atoms with Gasteiger partial charge in [-0.2, -0.15) is 0 Å². The predicted molar refractivity (Wildman–Crippen MR) is 63.8 cm³/mol. The second kappa shape index (κ2) is 4.02. The Morgan fingerprint density at radius 3 is 2.61 bits per heavy atom. The number of benzene rings is 1. The predicted octanol–water partition coefficient (Wildman–Crippen LogP) is 1.23. The first-order valence-corrected chi connectivity index (χ1v) is 5.73. The Hall–Kier alpha value is -2.02. The molecule has 7 nitrogen and oxygen atoms in total. The van der Waals surface area contributed by atoms with E-state index in [1.165, 1.54) is 6.07 Å². The van der Waals surface area contributed by atoms with Gasteiger partial charge in [-0.15, -0.1) is 0 Å². The molecular weight excluding hydrogens is 238 g/mol. The fourth-order valence-corrected chi connectivity index (χ4v) is 2.20. The van der Waals surface area contributed by atoms with E-state index in [0.29, 0.717) is 17.2 Å². The van der Waals surface area contributed by atoms with Crippen LogP contribution in [0.5, 0.6) is 11.5 Å². The fraction of sp³-hybridized carbons (Fsp3) is 0.455. The molecule has 96 valence electrons. The summed E-state index contributed by atoms with van der Waals surface area (Å²) in [6.07, 6.45) is 1.65. The topological polar surface area (TPSA) is 99.7 Å². The summed E-state index contributed by atoms with van der Waals surface area (Å²) in [4.78, 5) is 10.6. The number of nitrogens with two attached hydrogens (primary N) is 1. The highest BCUT2D eigenvalue weighted by molar-refractivity contribution is 5.69. The van der Waals surface area contributed by atoms with E-state index in [1.54, 1.807) is 6.07 Å². The zero-order chi connectivity index (χ0) is 12.7. The van der Waals surface area contributed by atoms with E-state index >= 15 is 0 Å². The van der Waals surface area contributed by atoms with E-state index < -0.39 is 4.92 Å². The zero-order valence-electron chi connectivity index (χ0n) is 9.59. The molecular formula is C11H13N3O4. The van der Waals surface area contributed by atoms with Crippen LogP contribution >= 0.6 is 0 Å². The second-order valence-corrected chi connectivity index (χ2v) is 4.55. The molecule has 3 rings (SSSR count). The minimum atomic E-state index is -0.428. The molecule has 0 unspecified atom stereocenters. The van der Waals surface area contributed by atoms with Gasteiger partial charge in [0.05, 0.1) is 11.0 Å². The van der Waals surface area contributed by atoms with Crippen LogP contribution in [0.1, 0.15) is 12.8 Å². The smallest absolute Gasteiger partial charge is 0.296 e. The number of anilines is 1. The van der Waals surface area contributed by atoms with Crippen molar-refractivity contribution in [2.45, 2.75) is 24.9 Å². The summed E-state index contributed by atoms with van der Waals surface area (Å²) in [6.45, 7) is 0.101. The maximum atomic E-state index is 11.0. The molecule has 1 saturated carbocycles. The molecule has 18 heavy (non-hydrogen) atoms. The minimum absolute atomic E-state index is 0.000258. The van der Waals surface area contributed by atoms with Crippen LogP contribution in [0.2, 0.25) is 0 Å². The second-order valence-electron chi connectivity index (χ2n) is 4.55. The molecule has 0 aromatic heterocycles. The maximum absolute atomic E-state index is 11.0. The van der Waals surface area contributed by atoms with Crippen molar-refractivity contribution in [2.24, 2.45) is 5.73 Å². The SMILES string of the molecule is NC1CC(Nc2cc3c(cc2[N+](=O)[O-])OCO3)C1. The lowest BCUT2D eigenvalue weighted by atomic mass is 9.87. The summed E-state index contributed by atoms with van der Waals surface area (Å²) < 4.78 is 10.4. The van der Waals surface area contributed by atoms with Gasteiger partial charge in [0.25, 0.3) is 5.69 Å². The van der Waals surface area contributed by atoms with E-state index in [2.05, 4.69) is 5.32 Å². The van der Waals surface area contributed by atoms with E-state index in [4.69, 9.17) is 15.2 Å². The molecule has 0 bridgehead atoms. The Bertz CT molecular complexity index is 499. The van der Waals surface area contributed by atoms with Crippen molar-refractivity contribution in [1.29, 1.82) is 0 Å². The number of hydrogen-bond acceptors (Lipinski definition) is 6. The van der Waals surface area contributed by atoms with Gasteiger partial charge in [0.15, 0.2) is 11.5 Å². The van der Waals surface area contributed by atoms with Crippen LogP contribution in [0.3, 0.4) is 0 Å². The van der Waals surface area contributed by atoms with Crippen LogP contribution < -0.4 is 20.5 Å². The van der Waals surface area contributed by atoms with Gasteiger partial charge in [-0.1, -0.05) is 0 Å². The van der Waals surface area contributed by atoms with Crippen LogP contribution in [-0.2, 0) is 0 Å². The van der Waals surface area contributed by atoms with E-state index in [-0.39, 0.29) is 24.6 Å². The van der Waals surface area contributed by atoms with Crippen LogP contribution in [0, 0.1) is 10.1 Å². The van der Waals surface area contributed by atoms with Crippen molar-refractivity contribution in [3.63, 3.8) is 0 Å². The summed E-state index contributed by atoms with van der Waals surface area (Å²) in [7, 11) is 0. The third-order valence-electron chi connectivity index (χ3n) is 3.22. The Morgan fingerprint density at radius 2 is 2.00 bits per heavy atom. The first kappa shape index (κ1) is 11.1. The van der Waals surface area contributed by atoms with Gasteiger partial charge >= 0.3 is 0 Å². The number of nitro groups is 1. The molecule has 1 aromatic rings. The van der Waals surface area contributed by atoms with Gasteiger partial charge in [-0.25, -0.2) is 0 Å². The lowest BCUT2D eigenvalue weighted by molar-refractivity contribution is -0.384. The van der Waals surface area contributed by atoms with E-state index in [0.717, 1.165) is 12.8 Å². The number of rotatable bonds is 3. The molecule has 0 spiro atoms. The maximum Gasteiger partial charge on any atom is 0.296 e. The first-order chi connectivity index (χ1) is 8.63. The van der Waals surface area contributed by atoms with Crippen molar-refractivity contribution < 1.29 is 14.4 Å². The molecule has 1 aromatic carbocycles. The quantitative estimate of drug-likeness (QED) is 0.619. The zero-order valence-corrected chi connectivity index (χ0v) is 9.59. The summed E-state index contributed by atoms with van der Waals surface area (Å²) in [5, 5.41) is 14.1. The molecule has 3 N–H and O–H groups in total. The van der Waals surface area contributed by atoms with Gasteiger partial charge in [-0.3, -0.25) is 10.1 Å². The minimum Gasteiger partial charge on any atom is -0.454 e. The number of nitrogens with one attached hydrogen (secondary N) is 1. The van der Waals surface area contributed by atoms with E-state index in [1.807, 2.05) is 0 Å². The first-order valence-electron chi connectivity index (χ1n) is 5.73. The van der Waals surface area contributed by atoms with Crippen molar-refractivity contribution in [3.8, 4) is 11.5 Å². The highest BCUT2D eigenvalue weighted by Gasteiger charge is 2.29. The van der Waals surface area contributed by atoms with Crippen molar-refractivity contribution in [2.75, 3.05) is 12.1 Å². The number of nitro benzene ring substituents is 1. The lowest BCUT2D eigenvalue weighted by Crippen LogP contribution is -2.44. The molecule has 0 saturated heterocycles. The molecule has 0 radical (unpaired) electrons. The Kier molecular flexibility index (Phi) is 2.48. The Balaban J connectivity index is 1.89. The average molecular weight is 251 g/mol. The van der Waals surface area contributed by atoms with Gasteiger partial charge in [0.2, 0.25) is 6.79 Å². The largest absolute Gasteiger partial charge is 0.454 e. The number of fused-ring (bicyclic) bond motifs is 1. The number of hydrogen-bond donors (Lipinski definition) is 2. The highest BCUT2D eigenvalue weighted by Crippen LogP contribution is 2.41. The summed E-state index contributed by atoms with van der Waals surface area (Å²) >= 11 is 0. The monoisotopic (exact) mass is 251 g/mol. The van der Waals surface area contributed by atoms with E-state index in [9.17, 15) is 10.1 Å². The molecule has 1 heterocycles. The molecule has 1 aliphatic heterocycles. The van der Waals surface area contributed by atoms with Gasteiger partial charge in [-0.05, 0) is 12.8 Å². The lowest BCUT2D eigenvalue weighted by Gasteiger charge is -2.33. The summed E-state index contributed by atoms with van der Waals surface area (Å²) in [5.41, 5.74) is 6.15. The molecule has 0 amide bonds. The summed E-state index contributed by atoms with van der Waals surface area (Å²) in [6, 6.07) is 3.39. The van der Waals surface area contributed by atoms with Crippen LogP contribution in [-0.4, -0.2) is 23.8 Å². The Morgan fingerprint density at radius 1 is 1.33 bits per heavy atom. The highest BCUT2D eigenvalue weighted by atomic mass is 16.7. The fourth-order valence-electron chi connectivity index (χ4n) is 2.20. The molecule has 1 fully saturated rings. The third kappa shape index (κ3) is 1.82. The van der Waals surface area contributed by atoms with Crippen molar-refractivity contribution in [1.82, 2.24) is 0 Å². The molecule has 2 aliphatic rings. The number of ether oxygens (including phenoxy) is 2. The number of nitrogens with zero attached hydrogens (tertiary/aromatic N) is 1. The molecule has 0 atom stereocenters. The van der Waals surface area contributed by atoms with Crippen LogP contribution in [0.15, 0.2) is 12.1 Å². The van der Waals surface area contributed by atoms with Crippen molar-refractivity contribution in [3.05, 3.63) is 22.2 Å². The van der Waals surface area contributed by atoms with Gasteiger partial charge in [0.1, 0.15) is 5.69 Å². The van der Waals surface area contributed by atoms with Gasteiger partial charge < -0.3 is 20.5 Å². The molecule has 7 heteroatoms. The Labute approximate surface area is 103 Å².